The Hall–Kier alpha value is -0.0800. The van der Waals surface area contributed by atoms with Gasteiger partial charge in [0.25, 0.3) is 0 Å². The first-order chi connectivity index (χ1) is 28.7. The fraction of sp³-hybridized carbons (Fsp3) is 1.00. The van der Waals surface area contributed by atoms with Crippen LogP contribution in [-0.2, 0) is 0 Å². The molecule has 0 spiro atoms. The number of nitrogens with zero attached hydrogens (tertiary/aromatic N) is 2. The van der Waals surface area contributed by atoms with E-state index in [1.165, 1.54) is 38.5 Å². The highest BCUT2D eigenvalue weighted by atomic mass is 15.2. The summed E-state index contributed by atoms with van der Waals surface area (Å²) in [5, 5.41) is 0. The minimum Gasteiger partial charge on any atom is -0.294 e. The van der Waals surface area contributed by atoms with Gasteiger partial charge in [-0.2, -0.15) is 0 Å². The van der Waals surface area contributed by atoms with Gasteiger partial charge in [-0.3, -0.25) is 9.80 Å². The fourth-order valence-electron chi connectivity index (χ4n) is 21.2. The summed E-state index contributed by atoms with van der Waals surface area (Å²) in [5.41, 5.74) is 0. The highest BCUT2D eigenvalue weighted by molar-refractivity contribution is 5.12. The van der Waals surface area contributed by atoms with Gasteiger partial charge in [0.1, 0.15) is 0 Å². The van der Waals surface area contributed by atoms with Crippen LogP contribution in [-0.4, -0.2) is 46.1 Å². The van der Waals surface area contributed by atoms with Crippen molar-refractivity contribution in [1.82, 2.24) is 9.80 Å². The van der Waals surface area contributed by atoms with E-state index in [0.717, 1.165) is 119 Å². The first-order valence-electron chi connectivity index (χ1n) is 28.3. The summed E-state index contributed by atoms with van der Waals surface area (Å²) >= 11 is 0. The third-order valence-electron chi connectivity index (χ3n) is 23.2. The second-order valence-corrected chi connectivity index (χ2v) is 25.5. The molecule has 0 aromatic carbocycles. The minimum absolute atomic E-state index is 0.930. The Balaban J connectivity index is 0.821. The van der Waals surface area contributed by atoms with Crippen LogP contribution in [0.5, 0.6) is 0 Å². The van der Waals surface area contributed by atoms with Crippen molar-refractivity contribution in [3.05, 3.63) is 0 Å². The molecule has 58 heavy (non-hydrogen) atoms. The Labute approximate surface area is 358 Å². The highest BCUT2D eigenvalue weighted by Gasteiger charge is 2.60. The Bertz CT molecular complexity index is 1260. The van der Waals surface area contributed by atoms with E-state index in [1.54, 1.807) is 193 Å². The predicted octanol–water partition coefficient (Wildman–Crippen LogP) is 14.6. The zero-order valence-corrected chi connectivity index (χ0v) is 37.9. The molecule has 12 aliphatic rings. The molecule has 0 bridgehead atoms. The second-order valence-electron chi connectivity index (χ2n) is 25.5. The van der Waals surface area contributed by atoms with Crippen LogP contribution in [0.3, 0.4) is 0 Å². The molecule has 326 valence electrons. The molecule has 0 aromatic rings. The first-order valence-corrected chi connectivity index (χ1v) is 28.3. The third kappa shape index (κ3) is 7.31. The van der Waals surface area contributed by atoms with Crippen molar-refractivity contribution in [2.45, 2.75) is 267 Å². The van der Waals surface area contributed by atoms with E-state index in [2.05, 4.69) is 9.80 Å². The Morgan fingerprint density at radius 3 is 0.966 bits per heavy atom. The molecule has 0 radical (unpaired) electrons. The van der Waals surface area contributed by atoms with Crippen molar-refractivity contribution in [3.8, 4) is 0 Å². The molecule has 0 saturated heterocycles. The molecule has 12 saturated carbocycles. The van der Waals surface area contributed by atoms with Gasteiger partial charge in [-0.25, -0.2) is 0 Å². The van der Waals surface area contributed by atoms with Crippen molar-refractivity contribution in [2.24, 2.45) is 82.9 Å². The smallest absolute Gasteiger partial charge is 0.0135 e. The maximum absolute atomic E-state index is 3.51. The lowest BCUT2D eigenvalue weighted by molar-refractivity contribution is -0.166. The lowest BCUT2D eigenvalue weighted by atomic mass is 9.45. The van der Waals surface area contributed by atoms with E-state index in [4.69, 9.17) is 0 Å². The van der Waals surface area contributed by atoms with Crippen LogP contribution in [0.2, 0.25) is 0 Å². The van der Waals surface area contributed by atoms with Crippen LogP contribution >= 0.6 is 0 Å². The Kier molecular flexibility index (Phi) is 11.7. The molecule has 18 unspecified atom stereocenters. The molecule has 12 fully saturated rings. The lowest BCUT2D eigenvalue weighted by Gasteiger charge is -2.66. The van der Waals surface area contributed by atoms with Crippen LogP contribution in [0.1, 0.15) is 231 Å². The maximum Gasteiger partial charge on any atom is 0.0135 e. The van der Waals surface area contributed by atoms with Gasteiger partial charge < -0.3 is 0 Å². The average Bonchev–Trinajstić information content (AvgIpc) is 3.28. The summed E-state index contributed by atoms with van der Waals surface area (Å²) in [5.74, 6) is 15.2. The molecule has 12 rings (SSSR count). The molecule has 0 aliphatic heterocycles. The summed E-state index contributed by atoms with van der Waals surface area (Å²) in [6, 6.07) is 5.61. The van der Waals surface area contributed by atoms with Gasteiger partial charge in [-0.05, 0) is 198 Å². The summed E-state index contributed by atoms with van der Waals surface area (Å²) < 4.78 is 0. The fourth-order valence-corrected chi connectivity index (χ4v) is 21.2. The van der Waals surface area contributed by atoms with Gasteiger partial charge in [0.2, 0.25) is 0 Å². The topological polar surface area (TPSA) is 6.48 Å². The lowest BCUT2D eigenvalue weighted by Crippen LogP contribution is -2.66. The predicted molar refractivity (Wildman–Crippen MR) is 241 cm³/mol. The average molecular weight is 793 g/mol. The molecule has 18 atom stereocenters. The van der Waals surface area contributed by atoms with Crippen molar-refractivity contribution < 1.29 is 0 Å². The summed E-state index contributed by atoms with van der Waals surface area (Å²) in [6.45, 7) is 0. The van der Waals surface area contributed by atoms with Gasteiger partial charge >= 0.3 is 0 Å². The van der Waals surface area contributed by atoms with Gasteiger partial charge in [0.05, 0.1) is 0 Å². The SMILES string of the molecule is C1CCC(N(C2CCC3CC4CCCCC4CC3C2)C2CC3CCCC4C3C3C(CCCC32)CC4N(C2CCCCC2)C2CCC3CC4CCCCC4CC3C2)CC1. The zero-order chi connectivity index (χ0) is 38.2. The van der Waals surface area contributed by atoms with E-state index in [9.17, 15) is 0 Å². The standard InChI is InChI=1S/C56H92N2/c1-3-19-47(20-4-1)57(49-27-25-41-29-37-13-7-9-15-39(37)31-45(41)33-49)53-35-43-17-12-24-52-54(36-44-18-11-23-51(53)55(44)56(43)52)58(48-21-5-2-6-22-48)50-28-26-42-30-38-14-8-10-16-40(38)32-46(42)34-50/h37-56H,1-36H2. The molecule has 2 heteroatoms. The van der Waals surface area contributed by atoms with E-state index in [1.807, 2.05) is 0 Å². The zero-order valence-electron chi connectivity index (χ0n) is 37.9. The normalized spacial score (nSPS) is 51.2. The van der Waals surface area contributed by atoms with E-state index >= 15 is 0 Å². The first kappa shape index (κ1) is 39.5. The molecule has 0 heterocycles. The minimum atomic E-state index is 0.930. The largest absolute Gasteiger partial charge is 0.294 e. The Morgan fingerprint density at radius 1 is 0.207 bits per heavy atom. The summed E-state index contributed by atoms with van der Waals surface area (Å²) in [4.78, 5) is 7.02. The molecule has 0 amide bonds. The van der Waals surface area contributed by atoms with Gasteiger partial charge in [-0.15, -0.1) is 0 Å². The van der Waals surface area contributed by atoms with Crippen molar-refractivity contribution >= 4 is 0 Å². The van der Waals surface area contributed by atoms with Gasteiger partial charge in [0, 0.05) is 36.3 Å². The molecule has 0 N–H and O–H groups in total. The number of rotatable bonds is 6. The van der Waals surface area contributed by atoms with Crippen LogP contribution in [0.25, 0.3) is 0 Å². The summed E-state index contributed by atoms with van der Waals surface area (Å²) in [7, 11) is 0. The molecular weight excluding hydrogens is 701 g/mol. The van der Waals surface area contributed by atoms with Crippen molar-refractivity contribution in [2.75, 3.05) is 0 Å². The second kappa shape index (κ2) is 17.1. The molecule has 12 aliphatic carbocycles. The maximum atomic E-state index is 3.51. The van der Waals surface area contributed by atoms with Crippen LogP contribution in [0.4, 0.5) is 0 Å². The number of hydrogen-bond donors (Lipinski definition) is 0. The van der Waals surface area contributed by atoms with E-state index in [-0.39, 0.29) is 0 Å². The van der Waals surface area contributed by atoms with Crippen molar-refractivity contribution in [3.63, 3.8) is 0 Å². The molecule has 0 aromatic heterocycles. The van der Waals surface area contributed by atoms with Gasteiger partial charge in [-0.1, -0.05) is 116 Å². The molecular formula is C56H92N2. The molecule has 2 nitrogen and oxygen atoms in total. The van der Waals surface area contributed by atoms with Crippen LogP contribution in [0.15, 0.2) is 0 Å². The van der Waals surface area contributed by atoms with Crippen molar-refractivity contribution in [1.29, 1.82) is 0 Å². The monoisotopic (exact) mass is 793 g/mol. The van der Waals surface area contributed by atoms with Crippen LogP contribution in [0, 0.1) is 82.9 Å². The quantitative estimate of drug-likeness (QED) is 0.264. The van der Waals surface area contributed by atoms with E-state index in [0.29, 0.717) is 0 Å². The number of fused-ring (bicyclic) bond motifs is 4. The third-order valence-corrected chi connectivity index (χ3v) is 23.2. The Morgan fingerprint density at radius 2 is 0.552 bits per heavy atom. The number of hydrogen-bond acceptors (Lipinski definition) is 2. The van der Waals surface area contributed by atoms with Gasteiger partial charge in [0.15, 0.2) is 0 Å². The summed E-state index contributed by atoms with van der Waals surface area (Å²) in [6.07, 6.45) is 56.9. The van der Waals surface area contributed by atoms with E-state index < -0.39 is 0 Å². The highest BCUT2D eigenvalue weighted by Crippen LogP contribution is 2.63. The van der Waals surface area contributed by atoms with Crippen LogP contribution < -0.4 is 0 Å².